The normalized spacial score (nSPS) is 16.9. The second-order valence-corrected chi connectivity index (χ2v) is 5.92. The summed E-state index contributed by atoms with van der Waals surface area (Å²) in [6.07, 6.45) is 2.40. The molecule has 1 fully saturated rings. The maximum absolute atomic E-state index is 9.12. The fraction of sp³-hybridized carbons (Fsp3) is 0.667. The molecule has 1 aliphatic carbocycles. The van der Waals surface area contributed by atoms with Gasteiger partial charge in [0.15, 0.2) is 0 Å². The van der Waals surface area contributed by atoms with Crippen molar-refractivity contribution in [1.82, 2.24) is 9.97 Å². The highest BCUT2D eigenvalue weighted by Crippen LogP contribution is 2.40. The van der Waals surface area contributed by atoms with Crippen LogP contribution >= 0.6 is 11.8 Å². The molecule has 1 aromatic heterocycles. The van der Waals surface area contributed by atoms with Crippen LogP contribution in [0.1, 0.15) is 37.1 Å². The SMILES string of the molecule is CNc1nc(C2CC2)nc(SC(C)CO)c1C. The molecule has 17 heavy (non-hydrogen) atoms. The summed E-state index contributed by atoms with van der Waals surface area (Å²) in [5.41, 5.74) is 1.07. The van der Waals surface area contributed by atoms with Crippen LogP contribution in [0.3, 0.4) is 0 Å². The molecule has 1 heterocycles. The number of aliphatic hydroxyl groups excluding tert-OH is 1. The number of aliphatic hydroxyl groups is 1. The van der Waals surface area contributed by atoms with Crippen molar-refractivity contribution >= 4 is 17.6 Å². The zero-order valence-electron chi connectivity index (χ0n) is 10.5. The van der Waals surface area contributed by atoms with Gasteiger partial charge in [0, 0.05) is 23.8 Å². The van der Waals surface area contributed by atoms with E-state index in [0.717, 1.165) is 22.2 Å². The Hall–Kier alpha value is -0.810. The Kier molecular flexibility index (Phi) is 3.89. The van der Waals surface area contributed by atoms with Crippen molar-refractivity contribution in [3.8, 4) is 0 Å². The van der Waals surface area contributed by atoms with Crippen molar-refractivity contribution in [2.45, 2.75) is 42.9 Å². The maximum atomic E-state index is 9.12. The summed E-state index contributed by atoms with van der Waals surface area (Å²) in [7, 11) is 1.88. The molecule has 0 spiro atoms. The van der Waals surface area contributed by atoms with Gasteiger partial charge in [-0.2, -0.15) is 0 Å². The minimum atomic E-state index is 0.167. The highest BCUT2D eigenvalue weighted by atomic mass is 32.2. The second-order valence-electron chi connectivity index (χ2n) is 4.50. The fourth-order valence-corrected chi connectivity index (χ4v) is 2.50. The van der Waals surface area contributed by atoms with Crippen molar-refractivity contribution in [1.29, 1.82) is 0 Å². The molecule has 0 aromatic carbocycles. The van der Waals surface area contributed by atoms with Gasteiger partial charge in [-0.15, -0.1) is 11.8 Å². The van der Waals surface area contributed by atoms with E-state index in [1.165, 1.54) is 12.8 Å². The van der Waals surface area contributed by atoms with E-state index in [-0.39, 0.29) is 11.9 Å². The summed E-state index contributed by atoms with van der Waals surface area (Å²) in [5, 5.41) is 13.4. The van der Waals surface area contributed by atoms with E-state index < -0.39 is 0 Å². The van der Waals surface area contributed by atoms with Crippen LogP contribution in [0.15, 0.2) is 5.03 Å². The van der Waals surface area contributed by atoms with Crippen molar-refractivity contribution in [2.75, 3.05) is 19.0 Å². The Morgan fingerprint density at radius 2 is 2.18 bits per heavy atom. The van der Waals surface area contributed by atoms with Gasteiger partial charge in [-0.25, -0.2) is 9.97 Å². The lowest BCUT2D eigenvalue weighted by Gasteiger charge is -2.13. The summed E-state index contributed by atoms with van der Waals surface area (Å²) in [6, 6.07) is 0. The van der Waals surface area contributed by atoms with E-state index in [9.17, 15) is 0 Å². The number of hydrogen-bond donors (Lipinski definition) is 2. The lowest BCUT2D eigenvalue weighted by Crippen LogP contribution is -2.08. The number of thioether (sulfide) groups is 1. The number of nitrogens with one attached hydrogen (secondary N) is 1. The monoisotopic (exact) mass is 253 g/mol. The van der Waals surface area contributed by atoms with E-state index in [0.29, 0.717) is 5.92 Å². The standard InChI is InChI=1S/C12H19N3OS/c1-7(6-16)17-12-8(2)10(13-3)14-11(15-12)9-4-5-9/h7,9,16H,4-6H2,1-3H3,(H,13,14,15). The molecule has 0 bridgehead atoms. The Morgan fingerprint density at radius 1 is 1.47 bits per heavy atom. The summed E-state index contributed by atoms with van der Waals surface area (Å²) in [5.74, 6) is 2.41. The number of rotatable bonds is 5. The van der Waals surface area contributed by atoms with E-state index in [1.54, 1.807) is 11.8 Å². The Bertz CT molecular complexity index is 407. The molecular weight excluding hydrogens is 234 g/mol. The smallest absolute Gasteiger partial charge is 0.135 e. The van der Waals surface area contributed by atoms with Gasteiger partial charge in [0.1, 0.15) is 16.7 Å². The predicted molar refractivity (Wildman–Crippen MR) is 70.7 cm³/mol. The molecule has 0 amide bonds. The van der Waals surface area contributed by atoms with Crippen LogP contribution in [0, 0.1) is 6.92 Å². The molecule has 1 aliphatic rings. The predicted octanol–water partition coefficient (Wildman–Crippen LogP) is 2.18. The first kappa shape index (κ1) is 12.6. The minimum Gasteiger partial charge on any atom is -0.395 e. The van der Waals surface area contributed by atoms with Gasteiger partial charge in [-0.05, 0) is 19.8 Å². The van der Waals surface area contributed by atoms with Crippen LogP contribution in [0.2, 0.25) is 0 Å². The third-order valence-electron chi connectivity index (χ3n) is 2.87. The van der Waals surface area contributed by atoms with Crippen LogP contribution in [-0.2, 0) is 0 Å². The first-order valence-electron chi connectivity index (χ1n) is 5.99. The molecule has 2 rings (SSSR count). The summed E-state index contributed by atoms with van der Waals surface area (Å²) >= 11 is 1.62. The quantitative estimate of drug-likeness (QED) is 0.622. The minimum absolute atomic E-state index is 0.167. The number of anilines is 1. The molecule has 5 heteroatoms. The first-order chi connectivity index (χ1) is 8.15. The third-order valence-corrected chi connectivity index (χ3v) is 4.04. The van der Waals surface area contributed by atoms with Crippen LogP contribution in [-0.4, -0.2) is 34.0 Å². The Labute approximate surface area is 106 Å². The van der Waals surface area contributed by atoms with Gasteiger partial charge in [-0.3, -0.25) is 0 Å². The average Bonchev–Trinajstić information content (AvgIpc) is 3.15. The molecule has 4 nitrogen and oxygen atoms in total. The Balaban J connectivity index is 2.30. The summed E-state index contributed by atoms with van der Waals surface area (Å²) < 4.78 is 0. The highest BCUT2D eigenvalue weighted by Gasteiger charge is 2.28. The van der Waals surface area contributed by atoms with Crippen LogP contribution in [0.25, 0.3) is 0 Å². The third kappa shape index (κ3) is 2.90. The molecule has 1 saturated carbocycles. The van der Waals surface area contributed by atoms with E-state index in [4.69, 9.17) is 5.11 Å². The lowest BCUT2D eigenvalue weighted by molar-refractivity contribution is 0.300. The van der Waals surface area contributed by atoms with E-state index in [1.807, 2.05) is 20.9 Å². The zero-order chi connectivity index (χ0) is 12.4. The van der Waals surface area contributed by atoms with Gasteiger partial charge >= 0.3 is 0 Å². The molecule has 0 radical (unpaired) electrons. The maximum Gasteiger partial charge on any atom is 0.135 e. The zero-order valence-corrected chi connectivity index (χ0v) is 11.3. The highest BCUT2D eigenvalue weighted by molar-refractivity contribution is 7.99. The van der Waals surface area contributed by atoms with Crippen molar-refractivity contribution in [3.05, 3.63) is 11.4 Å². The van der Waals surface area contributed by atoms with Crippen LogP contribution in [0.5, 0.6) is 0 Å². The molecule has 94 valence electrons. The summed E-state index contributed by atoms with van der Waals surface area (Å²) in [4.78, 5) is 9.18. The van der Waals surface area contributed by atoms with Crippen molar-refractivity contribution in [2.24, 2.45) is 0 Å². The number of nitrogens with zero attached hydrogens (tertiary/aromatic N) is 2. The molecular formula is C12H19N3OS. The van der Waals surface area contributed by atoms with Crippen molar-refractivity contribution in [3.63, 3.8) is 0 Å². The number of hydrogen-bond acceptors (Lipinski definition) is 5. The second kappa shape index (κ2) is 5.23. The number of aromatic nitrogens is 2. The average molecular weight is 253 g/mol. The van der Waals surface area contributed by atoms with Gasteiger partial charge in [0.25, 0.3) is 0 Å². The Morgan fingerprint density at radius 3 is 2.71 bits per heavy atom. The van der Waals surface area contributed by atoms with E-state index in [2.05, 4.69) is 15.3 Å². The first-order valence-corrected chi connectivity index (χ1v) is 6.87. The van der Waals surface area contributed by atoms with E-state index >= 15 is 0 Å². The molecule has 1 atom stereocenters. The van der Waals surface area contributed by atoms with Crippen molar-refractivity contribution < 1.29 is 5.11 Å². The molecule has 2 N–H and O–H groups in total. The lowest BCUT2D eigenvalue weighted by atomic mass is 10.3. The molecule has 1 unspecified atom stereocenters. The molecule has 0 saturated heterocycles. The van der Waals surface area contributed by atoms with Crippen LogP contribution < -0.4 is 5.32 Å². The van der Waals surface area contributed by atoms with Gasteiger partial charge in [0.2, 0.25) is 0 Å². The summed E-state index contributed by atoms with van der Waals surface area (Å²) in [6.45, 7) is 4.19. The topological polar surface area (TPSA) is 58.0 Å². The van der Waals surface area contributed by atoms with Gasteiger partial charge in [0.05, 0.1) is 6.61 Å². The van der Waals surface area contributed by atoms with Gasteiger partial charge < -0.3 is 10.4 Å². The molecule has 1 aromatic rings. The fourth-order valence-electron chi connectivity index (χ4n) is 1.62. The largest absolute Gasteiger partial charge is 0.395 e. The molecule has 0 aliphatic heterocycles. The van der Waals surface area contributed by atoms with Crippen LogP contribution in [0.4, 0.5) is 5.82 Å². The van der Waals surface area contributed by atoms with Gasteiger partial charge in [-0.1, -0.05) is 6.92 Å².